The van der Waals surface area contributed by atoms with Crippen molar-refractivity contribution in [1.82, 2.24) is 4.98 Å². The summed E-state index contributed by atoms with van der Waals surface area (Å²) in [5.74, 6) is -0.254. The highest BCUT2D eigenvalue weighted by atomic mass is 32.1. The van der Waals surface area contributed by atoms with Crippen LogP contribution in [0, 0.1) is 5.82 Å². The molecule has 0 saturated carbocycles. The number of rotatable bonds is 4. The summed E-state index contributed by atoms with van der Waals surface area (Å²) in [7, 11) is 0. The van der Waals surface area contributed by atoms with E-state index in [0.717, 1.165) is 21.3 Å². The van der Waals surface area contributed by atoms with Crippen molar-refractivity contribution >= 4 is 34.0 Å². The first-order valence-corrected chi connectivity index (χ1v) is 7.61. The molecule has 0 unspecified atom stereocenters. The van der Waals surface area contributed by atoms with E-state index in [1.807, 2.05) is 22.9 Å². The van der Waals surface area contributed by atoms with Gasteiger partial charge >= 0.3 is 0 Å². The smallest absolute Gasteiger partial charge is 0.203 e. The molecule has 3 nitrogen and oxygen atoms in total. The van der Waals surface area contributed by atoms with E-state index in [-0.39, 0.29) is 5.82 Å². The second-order valence-corrected chi connectivity index (χ2v) is 5.74. The largest absolute Gasteiger partial charge is 0.253 e. The van der Waals surface area contributed by atoms with Crippen LogP contribution < -0.4 is 5.43 Å². The topological polar surface area (TPSA) is 37.3 Å². The van der Waals surface area contributed by atoms with Gasteiger partial charge in [-0.2, -0.15) is 5.10 Å². The Kier molecular flexibility index (Phi) is 3.85. The first-order valence-electron chi connectivity index (χ1n) is 5.85. The van der Waals surface area contributed by atoms with E-state index in [1.54, 1.807) is 29.7 Å². The minimum atomic E-state index is -0.254. The summed E-state index contributed by atoms with van der Waals surface area (Å²) in [6.07, 6.45) is 1.63. The fourth-order valence-electron chi connectivity index (χ4n) is 1.57. The second-order valence-electron chi connectivity index (χ2n) is 3.94. The van der Waals surface area contributed by atoms with Crippen LogP contribution in [0.2, 0.25) is 0 Å². The minimum absolute atomic E-state index is 0.254. The lowest BCUT2D eigenvalue weighted by molar-refractivity contribution is 0.628. The van der Waals surface area contributed by atoms with E-state index >= 15 is 0 Å². The number of thiophene rings is 1. The van der Waals surface area contributed by atoms with Crippen molar-refractivity contribution in [2.24, 2.45) is 5.10 Å². The summed E-state index contributed by atoms with van der Waals surface area (Å²) in [6.45, 7) is 0. The minimum Gasteiger partial charge on any atom is -0.253 e. The van der Waals surface area contributed by atoms with E-state index in [2.05, 4.69) is 15.5 Å². The molecule has 0 spiro atoms. The maximum absolute atomic E-state index is 12.7. The van der Waals surface area contributed by atoms with Crippen molar-refractivity contribution in [3.63, 3.8) is 0 Å². The number of hydrogen-bond acceptors (Lipinski definition) is 5. The number of aromatic nitrogens is 1. The van der Waals surface area contributed by atoms with Crippen LogP contribution in [0.25, 0.3) is 10.6 Å². The fourth-order valence-corrected chi connectivity index (χ4v) is 2.99. The van der Waals surface area contributed by atoms with Gasteiger partial charge in [-0.1, -0.05) is 18.2 Å². The molecule has 2 aromatic heterocycles. The van der Waals surface area contributed by atoms with E-state index in [0.29, 0.717) is 0 Å². The molecule has 0 aliphatic carbocycles. The third kappa shape index (κ3) is 3.09. The van der Waals surface area contributed by atoms with E-state index in [4.69, 9.17) is 0 Å². The van der Waals surface area contributed by atoms with Crippen molar-refractivity contribution < 1.29 is 4.39 Å². The quantitative estimate of drug-likeness (QED) is 0.571. The van der Waals surface area contributed by atoms with Gasteiger partial charge in [0.25, 0.3) is 0 Å². The van der Waals surface area contributed by atoms with Gasteiger partial charge in [0.1, 0.15) is 5.82 Å². The average Bonchev–Trinajstić information content (AvgIpc) is 3.11. The molecule has 100 valence electrons. The second kappa shape index (κ2) is 5.94. The maximum atomic E-state index is 12.7. The van der Waals surface area contributed by atoms with Crippen molar-refractivity contribution in [3.8, 4) is 10.6 Å². The molecule has 1 aromatic carbocycles. The zero-order valence-electron chi connectivity index (χ0n) is 10.3. The Morgan fingerprint density at radius 3 is 2.75 bits per heavy atom. The zero-order chi connectivity index (χ0) is 13.8. The van der Waals surface area contributed by atoms with Crippen LogP contribution in [-0.2, 0) is 0 Å². The van der Waals surface area contributed by atoms with Crippen molar-refractivity contribution in [2.75, 3.05) is 5.43 Å². The first-order chi connectivity index (χ1) is 9.81. The number of hydrogen-bond donors (Lipinski definition) is 1. The summed E-state index contributed by atoms with van der Waals surface area (Å²) in [6, 6.07) is 10.2. The first kappa shape index (κ1) is 13.0. The van der Waals surface area contributed by atoms with Gasteiger partial charge in [0.15, 0.2) is 0 Å². The molecule has 0 saturated heterocycles. The molecular formula is C14H10FN3S2. The Bertz CT molecular complexity index is 702. The van der Waals surface area contributed by atoms with Gasteiger partial charge < -0.3 is 0 Å². The Balaban J connectivity index is 1.65. The van der Waals surface area contributed by atoms with Crippen LogP contribution in [0.5, 0.6) is 0 Å². The lowest BCUT2D eigenvalue weighted by atomic mass is 10.2. The van der Waals surface area contributed by atoms with Crippen LogP contribution in [0.1, 0.15) is 5.56 Å². The van der Waals surface area contributed by atoms with Gasteiger partial charge in [0, 0.05) is 5.38 Å². The molecule has 0 bridgehead atoms. The highest BCUT2D eigenvalue weighted by Gasteiger charge is 2.04. The number of benzene rings is 1. The third-order valence-electron chi connectivity index (χ3n) is 2.52. The molecule has 0 fully saturated rings. The lowest BCUT2D eigenvalue weighted by Crippen LogP contribution is -1.90. The van der Waals surface area contributed by atoms with Crippen LogP contribution >= 0.6 is 22.7 Å². The Morgan fingerprint density at radius 1 is 1.15 bits per heavy atom. The van der Waals surface area contributed by atoms with Gasteiger partial charge in [-0.3, -0.25) is 5.43 Å². The molecule has 0 amide bonds. The van der Waals surface area contributed by atoms with Crippen molar-refractivity contribution in [3.05, 3.63) is 58.5 Å². The molecule has 6 heteroatoms. The molecular weight excluding hydrogens is 293 g/mol. The Morgan fingerprint density at radius 2 is 2.00 bits per heavy atom. The highest BCUT2D eigenvalue weighted by Crippen LogP contribution is 2.28. The summed E-state index contributed by atoms with van der Waals surface area (Å²) < 4.78 is 12.7. The van der Waals surface area contributed by atoms with Crippen molar-refractivity contribution in [1.29, 1.82) is 0 Å². The molecule has 20 heavy (non-hydrogen) atoms. The van der Waals surface area contributed by atoms with E-state index in [9.17, 15) is 4.39 Å². The number of hydrazone groups is 1. The van der Waals surface area contributed by atoms with Crippen LogP contribution in [0.4, 0.5) is 9.52 Å². The van der Waals surface area contributed by atoms with Crippen LogP contribution in [0.3, 0.4) is 0 Å². The average molecular weight is 303 g/mol. The van der Waals surface area contributed by atoms with Crippen LogP contribution in [-0.4, -0.2) is 11.2 Å². The van der Waals surface area contributed by atoms with Gasteiger partial charge in [-0.25, -0.2) is 9.37 Å². The number of thiazole rings is 1. The molecule has 1 N–H and O–H groups in total. The van der Waals surface area contributed by atoms with Gasteiger partial charge in [0.05, 0.1) is 16.8 Å². The zero-order valence-corrected chi connectivity index (χ0v) is 11.9. The predicted molar refractivity (Wildman–Crippen MR) is 83.0 cm³/mol. The predicted octanol–water partition coefficient (Wildman–Crippen LogP) is 4.46. The van der Waals surface area contributed by atoms with Gasteiger partial charge in [-0.05, 0) is 29.1 Å². The number of halogens is 1. The number of nitrogens with one attached hydrogen (secondary N) is 1. The Labute approximate surface area is 123 Å². The summed E-state index contributed by atoms with van der Waals surface area (Å²) in [5, 5.41) is 8.83. The summed E-state index contributed by atoms with van der Waals surface area (Å²) >= 11 is 3.15. The number of anilines is 1. The molecule has 3 aromatic rings. The number of nitrogens with zero attached hydrogens (tertiary/aromatic N) is 2. The summed E-state index contributed by atoms with van der Waals surface area (Å²) in [4.78, 5) is 5.58. The normalized spacial score (nSPS) is 11.1. The van der Waals surface area contributed by atoms with Crippen molar-refractivity contribution in [2.45, 2.75) is 0 Å². The SMILES string of the molecule is Fc1ccc(/C=N\Nc2nc(-c3cccs3)cs2)cc1. The molecule has 0 aliphatic heterocycles. The Hall–Kier alpha value is -2.05. The third-order valence-corrected chi connectivity index (χ3v) is 4.16. The van der Waals surface area contributed by atoms with Crippen LogP contribution in [0.15, 0.2) is 52.3 Å². The van der Waals surface area contributed by atoms with E-state index < -0.39 is 0 Å². The van der Waals surface area contributed by atoms with E-state index in [1.165, 1.54) is 23.5 Å². The van der Waals surface area contributed by atoms with Gasteiger partial charge in [-0.15, -0.1) is 22.7 Å². The molecule has 2 heterocycles. The highest BCUT2D eigenvalue weighted by molar-refractivity contribution is 7.15. The monoisotopic (exact) mass is 303 g/mol. The van der Waals surface area contributed by atoms with Gasteiger partial charge in [0.2, 0.25) is 5.13 Å². The maximum Gasteiger partial charge on any atom is 0.203 e. The fraction of sp³-hybridized carbons (Fsp3) is 0. The lowest BCUT2D eigenvalue weighted by Gasteiger charge is -1.94. The standard InChI is InChI=1S/C14H10FN3S2/c15-11-5-3-10(4-6-11)8-16-18-14-17-12(9-20-14)13-2-1-7-19-13/h1-9H,(H,17,18)/b16-8-. The summed E-state index contributed by atoms with van der Waals surface area (Å²) in [5.41, 5.74) is 4.65. The molecule has 0 aliphatic rings. The molecule has 3 rings (SSSR count). The molecule has 0 atom stereocenters. The molecule has 0 radical (unpaired) electrons.